The Kier molecular flexibility index (Phi) is 2.29. The first-order valence-corrected chi connectivity index (χ1v) is 3.63. The molecule has 1 aliphatic heterocycles. The van der Waals surface area contributed by atoms with E-state index in [0.717, 1.165) is 12.2 Å². The number of rotatable bonds is 0. The van der Waals surface area contributed by atoms with Crippen molar-refractivity contribution < 1.29 is 4.18 Å². The molecule has 1 aliphatic rings. The molecule has 0 spiro atoms. The fraction of sp³-hybridized carbons (Fsp3) is 1.00. The largest absolute Gasteiger partial charge is 0.314 e. The molecule has 1 nitrogen and oxygen atoms in total. The molecule has 1 saturated heterocycles. The van der Waals surface area contributed by atoms with Crippen molar-refractivity contribution >= 4 is 23.6 Å². The van der Waals surface area contributed by atoms with Crippen LogP contribution in [0.25, 0.3) is 0 Å². The Morgan fingerprint density at radius 1 is 1.71 bits per heavy atom. The molecule has 42 valence electrons. The molecule has 0 amide bonds. The van der Waals surface area contributed by atoms with Gasteiger partial charge in [0.25, 0.3) is 0 Å². The molecule has 1 fully saturated rings. The summed E-state index contributed by atoms with van der Waals surface area (Å²) in [5.74, 6) is 1.05. The lowest BCUT2D eigenvalue weighted by molar-refractivity contribution is 0.351. The van der Waals surface area contributed by atoms with Gasteiger partial charge in [0.1, 0.15) is 0 Å². The summed E-state index contributed by atoms with van der Waals surface area (Å²) < 4.78 is 4.97. The Morgan fingerprint density at radius 2 is 2.57 bits per heavy atom. The van der Waals surface area contributed by atoms with Crippen LogP contribution < -0.4 is 0 Å². The van der Waals surface area contributed by atoms with Crippen LogP contribution in [-0.4, -0.2) is 17.7 Å². The van der Waals surface area contributed by atoms with E-state index < -0.39 is 0 Å². The van der Waals surface area contributed by atoms with E-state index >= 15 is 0 Å². The second-order valence-electron chi connectivity index (χ2n) is 1.49. The fourth-order valence-corrected chi connectivity index (χ4v) is 1.58. The molecule has 0 aliphatic carbocycles. The van der Waals surface area contributed by atoms with Crippen molar-refractivity contribution in [3.63, 3.8) is 0 Å². The van der Waals surface area contributed by atoms with Gasteiger partial charge in [-0.3, -0.25) is 0 Å². The van der Waals surface area contributed by atoms with Crippen molar-refractivity contribution in [1.29, 1.82) is 0 Å². The van der Waals surface area contributed by atoms with Crippen LogP contribution in [0.4, 0.5) is 0 Å². The average molecular weight is 139 g/mol. The van der Waals surface area contributed by atoms with Crippen LogP contribution in [-0.2, 0) is 4.18 Å². The lowest BCUT2D eigenvalue weighted by Gasteiger charge is -2.13. The van der Waals surface area contributed by atoms with E-state index in [1.54, 1.807) is 0 Å². The molecule has 0 radical (unpaired) electrons. The van der Waals surface area contributed by atoms with Gasteiger partial charge in [-0.1, -0.05) is 0 Å². The van der Waals surface area contributed by atoms with Gasteiger partial charge in [0.05, 0.1) is 12.0 Å². The first kappa shape index (κ1) is 5.73. The Bertz CT molecular complexity index is 53.7. The molecule has 0 aromatic heterocycles. The third-order valence-electron chi connectivity index (χ3n) is 0.847. The molecule has 0 aromatic rings. The molecule has 0 aromatic carbocycles. The molecular weight excluding hydrogens is 132 g/mol. The summed E-state index contributed by atoms with van der Waals surface area (Å²) in [6, 6.07) is 0. The second kappa shape index (κ2) is 2.80. The predicted octanol–water partition coefficient (Wildman–Crippen LogP) is 1.66. The summed E-state index contributed by atoms with van der Waals surface area (Å²) in [5, 5.41) is 0.265. The third kappa shape index (κ3) is 1.89. The van der Waals surface area contributed by atoms with Crippen LogP contribution in [0.2, 0.25) is 0 Å². The highest BCUT2D eigenvalue weighted by molar-refractivity contribution is 7.94. The average Bonchev–Trinajstić information content (AvgIpc) is 1.69. The van der Waals surface area contributed by atoms with Crippen molar-refractivity contribution in [2.45, 2.75) is 11.8 Å². The van der Waals surface area contributed by atoms with E-state index in [1.165, 1.54) is 12.0 Å². The lowest BCUT2D eigenvalue weighted by Crippen LogP contribution is -2.12. The Hall–Kier alpha value is 0.600. The summed E-state index contributed by atoms with van der Waals surface area (Å²) in [4.78, 5) is 0. The maximum absolute atomic E-state index is 5.68. The zero-order valence-corrected chi connectivity index (χ0v) is 5.47. The second-order valence-corrected chi connectivity index (χ2v) is 2.99. The number of alkyl halides is 1. The van der Waals surface area contributed by atoms with Crippen molar-refractivity contribution in [2.75, 3.05) is 12.4 Å². The minimum atomic E-state index is 0.265. The van der Waals surface area contributed by atoms with Crippen LogP contribution in [0.15, 0.2) is 0 Å². The summed E-state index contributed by atoms with van der Waals surface area (Å²) >= 11 is 7.19. The monoisotopic (exact) mass is 138 g/mol. The van der Waals surface area contributed by atoms with E-state index in [1.807, 2.05) is 0 Å². The molecule has 1 heterocycles. The molecule has 1 atom stereocenters. The first-order chi connectivity index (χ1) is 3.39. The lowest BCUT2D eigenvalue weighted by atomic mass is 10.3. The Morgan fingerprint density at radius 3 is 2.86 bits per heavy atom. The third-order valence-corrected chi connectivity index (χ3v) is 1.90. The van der Waals surface area contributed by atoms with E-state index in [-0.39, 0.29) is 5.38 Å². The normalized spacial score (nSPS) is 33.0. The van der Waals surface area contributed by atoms with Gasteiger partial charge in [-0.15, -0.1) is 11.6 Å². The van der Waals surface area contributed by atoms with Crippen LogP contribution in [0.1, 0.15) is 6.42 Å². The quantitative estimate of drug-likeness (QED) is 0.372. The molecular formula is C4H7ClOS. The molecule has 0 saturated carbocycles. The van der Waals surface area contributed by atoms with Crippen molar-refractivity contribution in [3.05, 3.63) is 0 Å². The molecule has 1 rings (SSSR count). The molecule has 3 heteroatoms. The van der Waals surface area contributed by atoms with Crippen molar-refractivity contribution in [1.82, 2.24) is 0 Å². The summed E-state index contributed by atoms with van der Waals surface area (Å²) in [5.41, 5.74) is 0. The van der Waals surface area contributed by atoms with Gasteiger partial charge >= 0.3 is 0 Å². The van der Waals surface area contributed by atoms with Gasteiger partial charge in [-0.2, -0.15) is 0 Å². The van der Waals surface area contributed by atoms with Gasteiger partial charge in [0, 0.05) is 5.75 Å². The van der Waals surface area contributed by atoms with Crippen molar-refractivity contribution in [3.8, 4) is 0 Å². The fourth-order valence-electron chi connectivity index (χ4n) is 0.440. The minimum Gasteiger partial charge on any atom is -0.314 e. The topological polar surface area (TPSA) is 9.23 Å². The predicted molar refractivity (Wildman–Crippen MR) is 32.7 cm³/mol. The highest BCUT2D eigenvalue weighted by Crippen LogP contribution is 2.17. The van der Waals surface area contributed by atoms with Crippen LogP contribution in [0.3, 0.4) is 0 Å². The Balaban J connectivity index is 2.12. The molecule has 0 N–H and O–H groups in total. The SMILES string of the molecule is ClC1CCSOC1. The van der Waals surface area contributed by atoms with Crippen LogP contribution in [0, 0.1) is 0 Å². The zero-order valence-electron chi connectivity index (χ0n) is 3.89. The maximum Gasteiger partial charge on any atom is 0.0778 e. The van der Waals surface area contributed by atoms with Gasteiger partial charge in [-0.25, -0.2) is 0 Å². The zero-order chi connectivity index (χ0) is 5.11. The van der Waals surface area contributed by atoms with Crippen LogP contribution in [0.5, 0.6) is 0 Å². The number of hydrogen-bond donors (Lipinski definition) is 0. The van der Waals surface area contributed by atoms with Gasteiger partial charge in [0.2, 0.25) is 0 Å². The number of hydrogen-bond acceptors (Lipinski definition) is 2. The molecule has 1 unspecified atom stereocenters. The number of halogens is 1. The van der Waals surface area contributed by atoms with E-state index in [4.69, 9.17) is 15.8 Å². The Labute approximate surface area is 52.6 Å². The van der Waals surface area contributed by atoms with Crippen molar-refractivity contribution in [2.24, 2.45) is 0 Å². The summed E-state index contributed by atoms with van der Waals surface area (Å²) in [7, 11) is 0. The van der Waals surface area contributed by atoms with E-state index in [0.29, 0.717) is 6.61 Å². The smallest absolute Gasteiger partial charge is 0.0778 e. The van der Waals surface area contributed by atoms with Crippen LogP contribution >= 0.6 is 23.6 Å². The summed E-state index contributed by atoms with van der Waals surface area (Å²) in [6.07, 6.45) is 1.09. The van der Waals surface area contributed by atoms with Gasteiger partial charge < -0.3 is 4.18 Å². The molecule has 7 heavy (non-hydrogen) atoms. The maximum atomic E-state index is 5.68. The molecule has 0 bridgehead atoms. The van der Waals surface area contributed by atoms with Gasteiger partial charge in [0.15, 0.2) is 0 Å². The summed E-state index contributed by atoms with van der Waals surface area (Å²) in [6.45, 7) is 0.715. The highest BCUT2D eigenvalue weighted by atomic mass is 35.5. The first-order valence-electron chi connectivity index (χ1n) is 2.28. The minimum absolute atomic E-state index is 0.265. The van der Waals surface area contributed by atoms with E-state index in [2.05, 4.69) is 0 Å². The highest BCUT2D eigenvalue weighted by Gasteiger charge is 2.09. The van der Waals surface area contributed by atoms with E-state index in [9.17, 15) is 0 Å². The standard InChI is InChI=1S/C4H7ClOS/c5-4-1-2-7-6-3-4/h4H,1-3H2. The van der Waals surface area contributed by atoms with Gasteiger partial charge in [-0.05, 0) is 18.5 Å².